The highest BCUT2D eigenvalue weighted by atomic mass is 35.5. The van der Waals surface area contributed by atoms with E-state index in [9.17, 15) is 9.18 Å². The molecule has 2 aromatic rings. The highest BCUT2D eigenvalue weighted by molar-refractivity contribution is 6.31. The van der Waals surface area contributed by atoms with Gasteiger partial charge in [-0.05, 0) is 49.2 Å². The van der Waals surface area contributed by atoms with Crippen LogP contribution < -0.4 is 10.2 Å². The van der Waals surface area contributed by atoms with E-state index in [1.165, 1.54) is 6.07 Å². The summed E-state index contributed by atoms with van der Waals surface area (Å²) >= 11 is 5.89. The van der Waals surface area contributed by atoms with Crippen LogP contribution in [0.15, 0.2) is 36.4 Å². The predicted molar refractivity (Wildman–Crippen MR) is 92.8 cm³/mol. The Bertz CT molecular complexity index is 748. The fourth-order valence-corrected chi connectivity index (χ4v) is 3.05. The zero-order chi connectivity index (χ0) is 16.6. The maximum atomic E-state index is 13.4. The maximum Gasteiger partial charge on any atom is 0.144 e. The lowest BCUT2D eigenvalue weighted by atomic mass is 10.0. The lowest BCUT2D eigenvalue weighted by molar-refractivity contribution is -0.108. The quantitative estimate of drug-likeness (QED) is 0.848. The van der Waals surface area contributed by atoms with Crippen LogP contribution in [0.3, 0.4) is 0 Å². The van der Waals surface area contributed by atoms with Gasteiger partial charge in [-0.1, -0.05) is 23.7 Å². The molecule has 0 aliphatic carbocycles. The number of rotatable bonds is 3. The highest BCUT2D eigenvalue weighted by Gasteiger charge is 2.25. The fourth-order valence-electron chi connectivity index (χ4n) is 2.87. The first-order valence-electron chi connectivity index (χ1n) is 7.57. The van der Waals surface area contributed by atoms with Crippen molar-refractivity contribution in [2.45, 2.75) is 25.9 Å². The van der Waals surface area contributed by atoms with E-state index in [2.05, 4.69) is 24.1 Å². The van der Waals surface area contributed by atoms with Gasteiger partial charge >= 0.3 is 0 Å². The average Bonchev–Trinajstić information content (AvgIpc) is 2.55. The van der Waals surface area contributed by atoms with E-state index in [4.69, 9.17) is 11.6 Å². The molecule has 0 saturated heterocycles. The number of fused-ring (bicyclic) bond motifs is 1. The number of benzene rings is 2. The SMILES string of the molecule is CC(C)N1CC(C=O)Nc2ccc(-c3ccc(F)c(Cl)c3)cc21. The first kappa shape index (κ1) is 15.8. The zero-order valence-electron chi connectivity index (χ0n) is 13.0. The van der Waals surface area contributed by atoms with Gasteiger partial charge in [0.15, 0.2) is 0 Å². The Kier molecular flexibility index (Phi) is 4.26. The molecule has 2 aromatic carbocycles. The second-order valence-corrected chi connectivity index (χ2v) is 6.40. The van der Waals surface area contributed by atoms with Crippen molar-refractivity contribution < 1.29 is 9.18 Å². The third-order valence-corrected chi connectivity index (χ3v) is 4.37. The summed E-state index contributed by atoms with van der Waals surface area (Å²) in [5.41, 5.74) is 3.79. The number of nitrogens with one attached hydrogen (secondary N) is 1. The highest BCUT2D eigenvalue weighted by Crippen LogP contribution is 2.36. The molecule has 0 saturated carbocycles. The molecule has 1 N–H and O–H groups in total. The van der Waals surface area contributed by atoms with Crippen molar-refractivity contribution in [3.8, 4) is 11.1 Å². The fraction of sp³-hybridized carbons (Fsp3) is 0.278. The minimum Gasteiger partial charge on any atom is -0.372 e. The number of halogens is 2. The van der Waals surface area contributed by atoms with E-state index in [1.54, 1.807) is 12.1 Å². The van der Waals surface area contributed by atoms with Gasteiger partial charge in [-0.15, -0.1) is 0 Å². The van der Waals surface area contributed by atoms with Crippen LogP contribution in [0.1, 0.15) is 13.8 Å². The Hall–Kier alpha value is -2.07. The Balaban J connectivity index is 2.05. The number of anilines is 2. The van der Waals surface area contributed by atoms with E-state index in [0.717, 1.165) is 28.8 Å². The summed E-state index contributed by atoms with van der Waals surface area (Å²) in [6.45, 7) is 4.82. The summed E-state index contributed by atoms with van der Waals surface area (Å²) in [5.74, 6) is -0.423. The monoisotopic (exact) mass is 332 g/mol. The Labute approximate surface area is 140 Å². The van der Waals surface area contributed by atoms with E-state index < -0.39 is 5.82 Å². The van der Waals surface area contributed by atoms with Crippen molar-refractivity contribution in [3.63, 3.8) is 0 Å². The van der Waals surface area contributed by atoms with Gasteiger partial charge in [-0.25, -0.2) is 4.39 Å². The molecule has 0 aromatic heterocycles. The van der Waals surface area contributed by atoms with Crippen molar-refractivity contribution in [1.82, 2.24) is 0 Å². The second-order valence-electron chi connectivity index (χ2n) is 5.99. The van der Waals surface area contributed by atoms with Gasteiger partial charge in [0, 0.05) is 12.6 Å². The van der Waals surface area contributed by atoms with Crippen LogP contribution in [0, 0.1) is 5.82 Å². The summed E-state index contributed by atoms with van der Waals surface area (Å²) in [5, 5.41) is 3.35. The average molecular weight is 333 g/mol. The van der Waals surface area contributed by atoms with Gasteiger partial charge in [0.25, 0.3) is 0 Å². The van der Waals surface area contributed by atoms with Crippen LogP contribution in [-0.4, -0.2) is 24.9 Å². The predicted octanol–water partition coefficient (Wildman–Crippen LogP) is 4.35. The molecular formula is C18H18ClFN2O. The molecule has 1 atom stereocenters. The second kappa shape index (κ2) is 6.20. The zero-order valence-corrected chi connectivity index (χ0v) is 13.8. The van der Waals surface area contributed by atoms with Gasteiger partial charge in [-0.3, -0.25) is 0 Å². The van der Waals surface area contributed by atoms with Crippen LogP contribution in [0.5, 0.6) is 0 Å². The molecule has 23 heavy (non-hydrogen) atoms. The standard InChI is InChI=1S/C18H18ClFN2O/c1-11(2)22-9-14(10-23)21-17-6-4-13(8-18(17)22)12-3-5-16(20)15(19)7-12/h3-8,10-11,14,21H,9H2,1-2H3. The molecule has 1 aliphatic heterocycles. The Morgan fingerprint density at radius 2 is 1.96 bits per heavy atom. The first-order valence-corrected chi connectivity index (χ1v) is 7.95. The first-order chi connectivity index (χ1) is 11.0. The lowest BCUT2D eigenvalue weighted by Gasteiger charge is -2.38. The number of nitrogens with zero attached hydrogens (tertiary/aromatic N) is 1. The van der Waals surface area contributed by atoms with Gasteiger partial charge in [0.1, 0.15) is 12.1 Å². The summed E-state index contributed by atoms with van der Waals surface area (Å²) in [6, 6.07) is 10.7. The van der Waals surface area contributed by atoms with Gasteiger partial charge in [-0.2, -0.15) is 0 Å². The molecule has 3 nitrogen and oxygen atoms in total. The summed E-state index contributed by atoms with van der Waals surface area (Å²) in [4.78, 5) is 13.4. The molecule has 1 aliphatic rings. The van der Waals surface area contributed by atoms with Crippen LogP contribution in [0.4, 0.5) is 15.8 Å². The van der Waals surface area contributed by atoms with Gasteiger partial charge in [0.05, 0.1) is 22.4 Å². The molecule has 0 bridgehead atoms. The van der Waals surface area contributed by atoms with E-state index in [-0.39, 0.29) is 17.1 Å². The van der Waals surface area contributed by atoms with Crippen LogP contribution in [-0.2, 0) is 4.79 Å². The number of aldehydes is 1. The number of carbonyl (C=O) groups is 1. The molecular weight excluding hydrogens is 315 g/mol. The van der Waals surface area contributed by atoms with Crippen LogP contribution in [0.25, 0.3) is 11.1 Å². The van der Waals surface area contributed by atoms with E-state index >= 15 is 0 Å². The maximum absolute atomic E-state index is 13.4. The minimum atomic E-state index is -0.423. The van der Waals surface area contributed by atoms with Gasteiger partial charge < -0.3 is 15.0 Å². The topological polar surface area (TPSA) is 32.3 Å². The summed E-state index contributed by atoms with van der Waals surface area (Å²) < 4.78 is 13.4. The minimum absolute atomic E-state index is 0.111. The molecule has 3 rings (SSSR count). The Morgan fingerprint density at radius 3 is 2.61 bits per heavy atom. The summed E-state index contributed by atoms with van der Waals surface area (Å²) in [7, 11) is 0. The van der Waals surface area contributed by atoms with Crippen LogP contribution >= 0.6 is 11.6 Å². The van der Waals surface area contributed by atoms with E-state index in [0.29, 0.717) is 6.54 Å². The Morgan fingerprint density at radius 1 is 1.26 bits per heavy atom. The van der Waals surface area contributed by atoms with E-state index in [1.807, 2.05) is 18.2 Å². The van der Waals surface area contributed by atoms with Crippen molar-refractivity contribution in [2.24, 2.45) is 0 Å². The molecule has 5 heteroatoms. The molecule has 0 radical (unpaired) electrons. The number of carbonyl (C=O) groups excluding carboxylic acids is 1. The summed E-state index contributed by atoms with van der Waals surface area (Å²) in [6.07, 6.45) is 0.936. The largest absolute Gasteiger partial charge is 0.372 e. The third-order valence-electron chi connectivity index (χ3n) is 4.08. The number of hydrogen-bond acceptors (Lipinski definition) is 3. The molecule has 120 valence electrons. The lowest BCUT2D eigenvalue weighted by Crippen LogP contribution is -2.45. The van der Waals surface area contributed by atoms with Crippen LogP contribution in [0.2, 0.25) is 5.02 Å². The van der Waals surface area contributed by atoms with Crippen molar-refractivity contribution in [2.75, 3.05) is 16.8 Å². The molecule has 0 amide bonds. The van der Waals surface area contributed by atoms with Crippen molar-refractivity contribution in [1.29, 1.82) is 0 Å². The van der Waals surface area contributed by atoms with Crippen molar-refractivity contribution in [3.05, 3.63) is 47.2 Å². The third kappa shape index (κ3) is 3.04. The smallest absolute Gasteiger partial charge is 0.144 e. The normalized spacial score (nSPS) is 16.9. The van der Waals surface area contributed by atoms with Gasteiger partial charge in [0.2, 0.25) is 0 Å². The molecule has 1 unspecified atom stereocenters. The molecule has 1 heterocycles. The number of hydrogen-bond donors (Lipinski definition) is 1. The molecule has 0 fully saturated rings. The van der Waals surface area contributed by atoms with Crippen molar-refractivity contribution >= 4 is 29.3 Å². The molecule has 0 spiro atoms.